The van der Waals surface area contributed by atoms with Gasteiger partial charge in [-0.1, -0.05) is 35.4 Å². The van der Waals surface area contributed by atoms with E-state index in [-0.39, 0.29) is 22.3 Å². The van der Waals surface area contributed by atoms with Gasteiger partial charge in [0, 0.05) is 10.6 Å². The van der Waals surface area contributed by atoms with Crippen LogP contribution in [-0.4, -0.2) is 22.0 Å². The van der Waals surface area contributed by atoms with E-state index in [1.807, 2.05) is 0 Å². The van der Waals surface area contributed by atoms with Gasteiger partial charge in [0.15, 0.2) is 0 Å². The number of pyridine rings is 1. The van der Waals surface area contributed by atoms with Gasteiger partial charge in [-0.2, -0.15) is 0 Å². The van der Waals surface area contributed by atoms with Crippen molar-refractivity contribution in [1.82, 2.24) is 4.98 Å². The van der Waals surface area contributed by atoms with Gasteiger partial charge in [0.05, 0.1) is 11.1 Å². The van der Waals surface area contributed by atoms with Crippen LogP contribution in [0.15, 0.2) is 36.4 Å². The lowest BCUT2D eigenvalue weighted by Gasteiger charge is -2.08. The number of nitrogens with zero attached hydrogens (tertiary/aromatic N) is 1. The number of aromatic nitrogens is 1. The van der Waals surface area contributed by atoms with Crippen molar-refractivity contribution in [2.45, 2.75) is 0 Å². The lowest BCUT2D eigenvalue weighted by atomic mass is 10.1. The summed E-state index contributed by atoms with van der Waals surface area (Å²) in [6.45, 7) is 0. The number of thiocarbonyl (C=S) groups is 1. The summed E-state index contributed by atoms with van der Waals surface area (Å²) in [6.07, 6.45) is 0. The first-order valence-electron chi connectivity index (χ1n) is 5.74. The molecule has 0 aliphatic rings. The number of benzene rings is 1. The second kappa shape index (κ2) is 6.76. The summed E-state index contributed by atoms with van der Waals surface area (Å²) in [5.74, 6) is -0.895. The minimum Gasteiger partial charge on any atom is -0.320 e. The Balaban J connectivity index is 2.43. The number of nitrogens with one attached hydrogen (secondary N) is 1. The van der Waals surface area contributed by atoms with Crippen LogP contribution >= 0.6 is 35.4 Å². The number of amides is 1. The highest BCUT2D eigenvalue weighted by Gasteiger charge is 2.17. The highest BCUT2D eigenvalue weighted by atomic mass is 35.5. The lowest BCUT2D eigenvalue weighted by molar-refractivity contribution is -0.109. The first kappa shape index (κ1) is 15.6. The average Bonchev–Trinajstić information content (AvgIpc) is 2.49. The van der Waals surface area contributed by atoms with E-state index in [1.165, 1.54) is 12.1 Å². The number of hydrogen-bond acceptors (Lipinski definition) is 4. The molecule has 0 saturated carbocycles. The van der Waals surface area contributed by atoms with E-state index in [0.717, 1.165) is 5.37 Å². The van der Waals surface area contributed by atoms with Crippen LogP contribution in [0.1, 0.15) is 16.1 Å². The quantitative estimate of drug-likeness (QED) is 0.526. The molecule has 2 rings (SSSR count). The van der Waals surface area contributed by atoms with E-state index in [2.05, 4.69) is 22.5 Å². The molecule has 106 valence electrons. The molecule has 0 unspecified atom stereocenters. The van der Waals surface area contributed by atoms with E-state index < -0.39 is 5.91 Å². The van der Waals surface area contributed by atoms with Crippen LogP contribution in [0, 0.1) is 0 Å². The summed E-state index contributed by atoms with van der Waals surface area (Å²) in [5, 5.41) is 4.08. The number of halogens is 2. The Bertz CT molecular complexity index is 717. The van der Waals surface area contributed by atoms with Gasteiger partial charge in [-0.3, -0.25) is 9.59 Å². The molecule has 7 heteroatoms. The third-order valence-corrected chi connectivity index (χ3v) is 3.22. The van der Waals surface area contributed by atoms with Crippen LogP contribution in [0.4, 0.5) is 5.69 Å². The fourth-order valence-corrected chi connectivity index (χ4v) is 1.94. The smallest absolute Gasteiger partial charge is 0.259 e. The van der Waals surface area contributed by atoms with Gasteiger partial charge < -0.3 is 5.32 Å². The van der Waals surface area contributed by atoms with Crippen LogP contribution in [-0.2, 0) is 4.79 Å². The Hall–Kier alpha value is -1.82. The van der Waals surface area contributed by atoms with Crippen molar-refractivity contribution in [2.75, 3.05) is 5.32 Å². The molecule has 0 radical (unpaired) electrons. The number of ketones is 1. The maximum Gasteiger partial charge on any atom is 0.259 e. The van der Waals surface area contributed by atoms with E-state index in [4.69, 9.17) is 23.2 Å². The molecule has 0 bridgehead atoms. The third-order valence-electron chi connectivity index (χ3n) is 2.55. The third kappa shape index (κ3) is 3.85. The molecular weight excluding hydrogens is 331 g/mol. The molecule has 0 aliphatic heterocycles. The van der Waals surface area contributed by atoms with E-state index in [0.29, 0.717) is 10.6 Å². The predicted octanol–water partition coefficient (Wildman–Crippen LogP) is 3.56. The van der Waals surface area contributed by atoms with Crippen molar-refractivity contribution >= 4 is 58.2 Å². The molecule has 2 aromatic rings. The highest BCUT2D eigenvalue weighted by Crippen LogP contribution is 2.21. The largest absolute Gasteiger partial charge is 0.320 e. The molecule has 21 heavy (non-hydrogen) atoms. The number of anilines is 1. The molecule has 4 nitrogen and oxygen atoms in total. The van der Waals surface area contributed by atoms with Crippen molar-refractivity contribution in [3.63, 3.8) is 0 Å². The minimum absolute atomic E-state index is 0.0371. The van der Waals surface area contributed by atoms with Crippen molar-refractivity contribution in [2.24, 2.45) is 0 Å². The molecule has 0 atom stereocenters. The highest BCUT2D eigenvalue weighted by molar-refractivity contribution is 7.80. The van der Waals surface area contributed by atoms with Gasteiger partial charge in [0.2, 0.25) is 5.78 Å². The Morgan fingerprint density at radius 1 is 1.10 bits per heavy atom. The van der Waals surface area contributed by atoms with Gasteiger partial charge in [0.25, 0.3) is 5.91 Å². The SMILES string of the molecule is O=C(C=S)Nc1ccc(Cl)nc1C(=O)c1ccc(Cl)cc1. The maximum absolute atomic E-state index is 12.4. The van der Waals surface area contributed by atoms with Crippen molar-refractivity contribution in [1.29, 1.82) is 0 Å². The molecule has 1 aromatic heterocycles. The second-order valence-corrected chi connectivity index (χ2v) is 5.03. The van der Waals surface area contributed by atoms with Gasteiger partial charge >= 0.3 is 0 Å². The topological polar surface area (TPSA) is 59.1 Å². The van der Waals surface area contributed by atoms with Crippen molar-refractivity contribution < 1.29 is 9.59 Å². The Labute approximate surface area is 136 Å². The van der Waals surface area contributed by atoms with Gasteiger partial charge in [-0.15, -0.1) is 0 Å². The molecule has 1 N–H and O–H groups in total. The summed E-state index contributed by atoms with van der Waals surface area (Å²) in [6, 6.07) is 9.29. The van der Waals surface area contributed by atoms with Crippen molar-refractivity contribution in [3.8, 4) is 0 Å². The maximum atomic E-state index is 12.4. The Kier molecular flexibility index (Phi) is 5.01. The Morgan fingerprint density at radius 3 is 2.38 bits per heavy atom. The van der Waals surface area contributed by atoms with Crippen molar-refractivity contribution in [3.05, 3.63) is 57.8 Å². The average molecular weight is 339 g/mol. The molecule has 0 spiro atoms. The zero-order chi connectivity index (χ0) is 15.4. The van der Waals surface area contributed by atoms with E-state index in [9.17, 15) is 9.59 Å². The normalized spacial score (nSPS) is 10.0. The molecule has 0 saturated heterocycles. The number of rotatable bonds is 4. The zero-order valence-corrected chi connectivity index (χ0v) is 12.8. The van der Waals surface area contributed by atoms with Crippen LogP contribution in [0.2, 0.25) is 10.2 Å². The predicted molar refractivity (Wildman–Crippen MR) is 86.4 cm³/mol. The number of hydrogen-bond donors (Lipinski definition) is 1. The summed E-state index contributed by atoms with van der Waals surface area (Å²) >= 11 is 16.1. The first-order valence-corrected chi connectivity index (χ1v) is 6.97. The number of carbonyl (C=O) groups excluding carboxylic acids is 2. The van der Waals surface area contributed by atoms with E-state index in [1.54, 1.807) is 24.3 Å². The van der Waals surface area contributed by atoms with Crippen LogP contribution < -0.4 is 5.32 Å². The summed E-state index contributed by atoms with van der Waals surface area (Å²) in [4.78, 5) is 27.8. The van der Waals surface area contributed by atoms with Crippen LogP contribution in [0.25, 0.3) is 0 Å². The number of carbonyl (C=O) groups is 2. The Morgan fingerprint density at radius 2 is 1.76 bits per heavy atom. The molecule has 1 heterocycles. The second-order valence-electron chi connectivity index (χ2n) is 3.97. The molecule has 0 fully saturated rings. The van der Waals surface area contributed by atoms with Crippen LogP contribution in [0.5, 0.6) is 0 Å². The first-order chi connectivity index (χ1) is 10.0. The summed E-state index contributed by atoms with van der Waals surface area (Å²) in [7, 11) is 0. The molecule has 1 amide bonds. The van der Waals surface area contributed by atoms with Gasteiger partial charge in [0.1, 0.15) is 10.8 Å². The fourth-order valence-electron chi connectivity index (χ4n) is 1.61. The molecule has 0 aliphatic carbocycles. The van der Waals surface area contributed by atoms with E-state index >= 15 is 0 Å². The zero-order valence-electron chi connectivity index (χ0n) is 10.5. The summed E-state index contributed by atoms with van der Waals surface area (Å²) < 4.78 is 0. The molecular formula is C14H8Cl2N2O2S. The van der Waals surface area contributed by atoms with Crippen LogP contribution in [0.3, 0.4) is 0 Å². The lowest BCUT2D eigenvalue weighted by Crippen LogP contribution is -2.16. The standard InChI is InChI=1S/C14H8Cl2N2O2S/c15-9-3-1-8(2-4-9)14(20)13-10(17-12(19)7-21)5-6-11(16)18-13/h1-7H,(H,17,19). The molecule has 1 aromatic carbocycles. The van der Waals surface area contributed by atoms with Gasteiger partial charge in [-0.25, -0.2) is 4.98 Å². The summed E-state index contributed by atoms with van der Waals surface area (Å²) in [5.41, 5.74) is 0.660. The monoisotopic (exact) mass is 338 g/mol. The fraction of sp³-hybridized carbons (Fsp3) is 0. The van der Waals surface area contributed by atoms with Gasteiger partial charge in [-0.05, 0) is 36.4 Å². The minimum atomic E-state index is -0.515.